The number of anilines is 1. The van der Waals surface area contributed by atoms with Crippen LogP contribution < -0.4 is 15.6 Å². The highest BCUT2D eigenvalue weighted by Gasteiger charge is 2.52. The molecule has 12 nitrogen and oxygen atoms in total. The van der Waals surface area contributed by atoms with Crippen molar-refractivity contribution in [2.75, 3.05) is 37.6 Å². The van der Waals surface area contributed by atoms with Gasteiger partial charge in [-0.05, 0) is 31.6 Å². The van der Waals surface area contributed by atoms with Crippen LogP contribution in [0, 0.1) is 5.92 Å². The molecule has 1 aliphatic carbocycles. The molecule has 2 aliphatic heterocycles. The molecule has 3 fully saturated rings. The molecule has 2 aromatic heterocycles. The summed E-state index contributed by atoms with van der Waals surface area (Å²) in [6, 6.07) is -0.544. The zero-order valence-electron chi connectivity index (χ0n) is 19.0. The first-order valence-electron chi connectivity index (χ1n) is 11.4. The first-order chi connectivity index (χ1) is 15.9. The van der Waals surface area contributed by atoms with E-state index >= 15 is 0 Å². The lowest BCUT2D eigenvalue weighted by Gasteiger charge is -2.35. The monoisotopic (exact) mass is 455 g/mol. The van der Waals surface area contributed by atoms with E-state index in [1.807, 2.05) is 11.9 Å². The van der Waals surface area contributed by atoms with Crippen molar-refractivity contribution in [2.24, 2.45) is 13.0 Å². The van der Waals surface area contributed by atoms with E-state index in [4.69, 9.17) is 0 Å². The molecule has 0 bridgehead atoms. The smallest absolute Gasteiger partial charge is 0.344 e. The predicted octanol–water partition coefficient (Wildman–Crippen LogP) is 0.0172. The molecule has 0 radical (unpaired) electrons. The van der Waals surface area contributed by atoms with Gasteiger partial charge in [0.2, 0.25) is 0 Å². The molecule has 1 saturated carbocycles. The quantitative estimate of drug-likeness (QED) is 0.618. The Morgan fingerprint density at radius 1 is 1.18 bits per heavy atom. The number of imide groups is 1. The second-order valence-corrected chi connectivity index (χ2v) is 9.34. The molecule has 1 spiro atoms. The lowest BCUT2D eigenvalue weighted by atomic mass is 9.77. The van der Waals surface area contributed by atoms with Crippen molar-refractivity contribution in [3.05, 3.63) is 12.5 Å². The Hall–Kier alpha value is -3.28. The highest BCUT2D eigenvalue weighted by molar-refractivity contribution is 6.08. The number of nitrogens with one attached hydrogen (secondary N) is 2. The van der Waals surface area contributed by atoms with Gasteiger partial charge in [0.15, 0.2) is 5.65 Å². The van der Waals surface area contributed by atoms with Crippen molar-refractivity contribution < 1.29 is 14.4 Å². The van der Waals surface area contributed by atoms with E-state index in [0.717, 1.165) is 34.7 Å². The van der Waals surface area contributed by atoms with Gasteiger partial charge in [0.05, 0.1) is 18.1 Å². The molecule has 0 atom stereocenters. The molecule has 4 amide bonds. The number of carbonyl (C=O) groups excluding carboxylic acids is 3. The Bertz CT molecular complexity index is 1080. The molecule has 4 heterocycles. The third-order valence-electron chi connectivity index (χ3n) is 7.07. The third-order valence-corrected chi connectivity index (χ3v) is 7.07. The minimum Gasteiger partial charge on any atom is -0.353 e. The molecule has 0 unspecified atom stereocenters. The highest BCUT2D eigenvalue weighted by atomic mass is 16.2. The number of hydrogen-bond donors (Lipinski definition) is 2. The third kappa shape index (κ3) is 3.88. The SMILES string of the molecule is CC1CCC2(CC1)NC(=O)N(NC(=O)CN1CCN(c3ncnc4c3cnn4C)CC1)C2=O. The average Bonchev–Trinajstić information content (AvgIpc) is 3.29. The summed E-state index contributed by atoms with van der Waals surface area (Å²) >= 11 is 0. The number of carbonyl (C=O) groups is 3. The number of hydrazine groups is 1. The zero-order valence-corrected chi connectivity index (χ0v) is 19.0. The van der Waals surface area contributed by atoms with Crippen LogP contribution in [0.5, 0.6) is 0 Å². The molecule has 2 N–H and O–H groups in total. The van der Waals surface area contributed by atoms with Gasteiger partial charge < -0.3 is 10.2 Å². The molecule has 33 heavy (non-hydrogen) atoms. The van der Waals surface area contributed by atoms with Gasteiger partial charge in [-0.2, -0.15) is 10.1 Å². The van der Waals surface area contributed by atoms with Gasteiger partial charge in [-0.3, -0.25) is 24.6 Å². The summed E-state index contributed by atoms with van der Waals surface area (Å²) in [7, 11) is 1.84. The molecule has 12 heteroatoms. The Balaban J connectivity index is 1.16. The lowest BCUT2D eigenvalue weighted by Crippen LogP contribution is -2.54. The van der Waals surface area contributed by atoms with E-state index in [-0.39, 0.29) is 18.4 Å². The fraction of sp³-hybridized carbons (Fsp3) is 0.619. The van der Waals surface area contributed by atoms with Crippen molar-refractivity contribution in [1.82, 2.24) is 40.4 Å². The van der Waals surface area contributed by atoms with Crippen molar-refractivity contribution in [2.45, 2.75) is 38.1 Å². The van der Waals surface area contributed by atoms with Crippen molar-refractivity contribution in [1.29, 1.82) is 0 Å². The topological polar surface area (TPSA) is 129 Å². The van der Waals surface area contributed by atoms with Crippen LogP contribution in [0.25, 0.3) is 11.0 Å². The standard InChI is InChI=1S/C21H29N9O3/c1-14-3-5-21(6-4-14)19(32)30(20(33)25-21)26-16(31)12-28-7-9-29(10-8-28)18-15-11-24-27(2)17(15)22-13-23-18/h11,13-14H,3-10,12H2,1-2H3,(H,25,33)(H,26,31). The molecule has 5 rings (SSSR count). The Morgan fingerprint density at radius 2 is 1.91 bits per heavy atom. The summed E-state index contributed by atoms with van der Waals surface area (Å²) in [4.78, 5) is 50.9. The zero-order chi connectivity index (χ0) is 23.2. The maximum absolute atomic E-state index is 12.9. The van der Waals surface area contributed by atoms with E-state index in [0.29, 0.717) is 44.9 Å². The average molecular weight is 456 g/mol. The maximum Gasteiger partial charge on any atom is 0.344 e. The Labute approximate surface area is 191 Å². The normalized spacial score (nSPS) is 26.3. The van der Waals surface area contributed by atoms with Gasteiger partial charge in [-0.25, -0.2) is 14.8 Å². The first-order valence-corrected chi connectivity index (χ1v) is 11.4. The number of urea groups is 1. The predicted molar refractivity (Wildman–Crippen MR) is 119 cm³/mol. The lowest BCUT2D eigenvalue weighted by molar-refractivity contribution is -0.140. The van der Waals surface area contributed by atoms with Gasteiger partial charge in [-0.1, -0.05) is 6.92 Å². The fourth-order valence-corrected chi connectivity index (χ4v) is 5.00. The van der Waals surface area contributed by atoms with E-state index in [2.05, 4.69) is 37.6 Å². The number of hydrogen-bond acceptors (Lipinski definition) is 8. The maximum atomic E-state index is 12.9. The van der Waals surface area contributed by atoms with Crippen molar-refractivity contribution in [3.63, 3.8) is 0 Å². The van der Waals surface area contributed by atoms with E-state index in [9.17, 15) is 14.4 Å². The first kappa shape index (κ1) is 21.6. The summed E-state index contributed by atoms with van der Waals surface area (Å²) in [5, 5.41) is 8.85. The molecule has 0 aromatic carbocycles. The van der Waals surface area contributed by atoms with Crippen LogP contribution in [0.4, 0.5) is 10.6 Å². The number of aromatic nitrogens is 4. The molecule has 2 aromatic rings. The molecule has 2 saturated heterocycles. The van der Waals surface area contributed by atoms with Crippen LogP contribution in [-0.2, 0) is 16.6 Å². The van der Waals surface area contributed by atoms with Gasteiger partial charge in [0.1, 0.15) is 17.7 Å². The van der Waals surface area contributed by atoms with Crippen LogP contribution in [0.2, 0.25) is 0 Å². The Kier molecular flexibility index (Phi) is 5.39. The summed E-state index contributed by atoms with van der Waals surface area (Å²) in [6.07, 6.45) is 6.30. The summed E-state index contributed by atoms with van der Waals surface area (Å²) in [6.45, 7) is 4.96. The van der Waals surface area contributed by atoms with E-state index in [1.165, 1.54) is 6.33 Å². The van der Waals surface area contributed by atoms with Gasteiger partial charge in [0, 0.05) is 33.2 Å². The van der Waals surface area contributed by atoms with E-state index < -0.39 is 11.6 Å². The minimum absolute atomic E-state index is 0.112. The van der Waals surface area contributed by atoms with Gasteiger partial charge in [0.25, 0.3) is 11.8 Å². The number of aryl methyl sites for hydroxylation is 1. The van der Waals surface area contributed by atoms with Gasteiger partial charge in [-0.15, -0.1) is 0 Å². The summed E-state index contributed by atoms with van der Waals surface area (Å²) in [5.41, 5.74) is 2.44. The van der Waals surface area contributed by atoms with Crippen LogP contribution in [-0.4, -0.2) is 85.8 Å². The number of piperazine rings is 1. The number of rotatable bonds is 4. The number of nitrogens with zero attached hydrogens (tertiary/aromatic N) is 7. The second-order valence-electron chi connectivity index (χ2n) is 9.34. The number of amides is 4. The molecular weight excluding hydrogens is 426 g/mol. The summed E-state index contributed by atoms with van der Waals surface area (Å²) in [5.74, 6) is 0.662. The van der Waals surface area contributed by atoms with E-state index in [1.54, 1.807) is 10.9 Å². The van der Waals surface area contributed by atoms with Crippen LogP contribution >= 0.6 is 0 Å². The van der Waals surface area contributed by atoms with Crippen molar-refractivity contribution >= 4 is 34.7 Å². The van der Waals surface area contributed by atoms with Gasteiger partial charge >= 0.3 is 6.03 Å². The number of fused-ring (bicyclic) bond motifs is 1. The second kappa shape index (κ2) is 8.25. The molecule has 3 aliphatic rings. The minimum atomic E-state index is -0.863. The molecular formula is C21H29N9O3. The van der Waals surface area contributed by atoms with Crippen LogP contribution in [0.3, 0.4) is 0 Å². The van der Waals surface area contributed by atoms with Crippen LogP contribution in [0.1, 0.15) is 32.6 Å². The van der Waals surface area contributed by atoms with Crippen LogP contribution in [0.15, 0.2) is 12.5 Å². The highest BCUT2D eigenvalue weighted by Crippen LogP contribution is 2.35. The molecule has 176 valence electrons. The Morgan fingerprint density at radius 3 is 2.64 bits per heavy atom. The van der Waals surface area contributed by atoms with Crippen molar-refractivity contribution in [3.8, 4) is 0 Å². The largest absolute Gasteiger partial charge is 0.353 e. The summed E-state index contributed by atoms with van der Waals surface area (Å²) < 4.78 is 1.72. The fourth-order valence-electron chi connectivity index (χ4n) is 5.00.